The second kappa shape index (κ2) is 12.0. The molecule has 2 heterocycles. The van der Waals surface area contributed by atoms with E-state index in [1.54, 1.807) is 31.4 Å². The van der Waals surface area contributed by atoms with Crippen LogP contribution in [0.1, 0.15) is 47.6 Å². The summed E-state index contributed by atoms with van der Waals surface area (Å²) in [4.78, 5) is 11.4. The topological polar surface area (TPSA) is 52.6 Å². The highest BCUT2D eigenvalue weighted by atomic mass is 127. The van der Waals surface area contributed by atoms with Gasteiger partial charge in [-0.3, -0.25) is 9.89 Å². The molecule has 1 aromatic carbocycles. The summed E-state index contributed by atoms with van der Waals surface area (Å²) in [5.41, 5.74) is 2.77. The van der Waals surface area contributed by atoms with Crippen LogP contribution in [0, 0.1) is 25.6 Å². The second-order valence-electron chi connectivity index (χ2n) is 7.91. The molecule has 3 rings (SSSR count). The average Bonchev–Trinajstić information content (AvgIpc) is 3.12. The van der Waals surface area contributed by atoms with Crippen molar-refractivity contribution in [3.8, 4) is 0 Å². The lowest BCUT2D eigenvalue weighted by molar-refractivity contribution is 0.176. The van der Waals surface area contributed by atoms with E-state index in [1.165, 1.54) is 18.5 Å². The van der Waals surface area contributed by atoms with Crippen molar-refractivity contribution in [3.05, 3.63) is 51.2 Å². The van der Waals surface area contributed by atoms with E-state index in [1.807, 2.05) is 19.1 Å². The molecule has 30 heavy (non-hydrogen) atoms. The van der Waals surface area contributed by atoms with Gasteiger partial charge in [-0.2, -0.15) is 0 Å². The molecular formula is C22H33FIN5S. The van der Waals surface area contributed by atoms with E-state index < -0.39 is 0 Å². The Bertz CT molecular complexity index is 833. The lowest BCUT2D eigenvalue weighted by atomic mass is 9.97. The minimum Gasteiger partial charge on any atom is -0.356 e. The Morgan fingerprint density at radius 2 is 2.07 bits per heavy atom. The number of halogens is 2. The summed E-state index contributed by atoms with van der Waals surface area (Å²) >= 11 is 1.72. The maximum absolute atomic E-state index is 13.8. The molecule has 1 fully saturated rings. The summed E-state index contributed by atoms with van der Waals surface area (Å²) in [6, 6.07) is 5.36. The maximum Gasteiger partial charge on any atom is 0.191 e. The summed E-state index contributed by atoms with van der Waals surface area (Å²) in [5, 5.41) is 10.1. The fourth-order valence-electron chi connectivity index (χ4n) is 3.66. The van der Waals surface area contributed by atoms with E-state index in [-0.39, 0.29) is 35.8 Å². The van der Waals surface area contributed by atoms with Gasteiger partial charge in [0.2, 0.25) is 0 Å². The van der Waals surface area contributed by atoms with Crippen molar-refractivity contribution >= 4 is 41.3 Å². The van der Waals surface area contributed by atoms with Gasteiger partial charge in [-0.1, -0.05) is 12.1 Å². The Balaban J connectivity index is 0.00000320. The summed E-state index contributed by atoms with van der Waals surface area (Å²) in [5.74, 6) is 1.23. The average molecular weight is 546 g/mol. The molecule has 8 heteroatoms. The van der Waals surface area contributed by atoms with Crippen LogP contribution in [0.3, 0.4) is 0 Å². The van der Waals surface area contributed by atoms with Crippen LogP contribution in [0.15, 0.2) is 28.6 Å². The summed E-state index contributed by atoms with van der Waals surface area (Å²) in [7, 11) is 1.77. The van der Waals surface area contributed by atoms with Gasteiger partial charge in [0, 0.05) is 25.5 Å². The number of likely N-dealkylation sites (tertiary alicyclic amines) is 1. The largest absolute Gasteiger partial charge is 0.356 e. The molecule has 1 aromatic heterocycles. The first kappa shape index (κ1) is 25.0. The number of nitrogens with zero attached hydrogens (tertiary/aromatic N) is 3. The van der Waals surface area contributed by atoms with Crippen LogP contribution in [0.4, 0.5) is 4.39 Å². The Morgan fingerprint density at radius 3 is 2.67 bits per heavy atom. The Morgan fingerprint density at radius 1 is 1.33 bits per heavy atom. The normalized spacial score (nSPS) is 16.8. The van der Waals surface area contributed by atoms with Crippen molar-refractivity contribution in [1.29, 1.82) is 0 Å². The van der Waals surface area contributed by atoms with Crippen LogP contribution in [-0.4, -0.2) is 42.5 Å². The predicted molar refractivity (Wildman–Crippen MR) is 134 cm³/mol. The van der Waals surface area contributed by atoms with Crippen LogP contribution in [0.2, 0.25) is 0 Å². The zero-order valence-corrected chi connectivity index (χ0v) is 21.4. The molecule has 2 aromatic rings. The molecule has 1 aliphatic rings. The van der Waals surface area contributed by atoms with Crippen molar-refractivity contribution in [1.82, 2.24) is 20.5 Å². The first-order valence-corrected chi connectivity index (χ1v) is 11.2. The molecule has 1 atom stereocenters. The van der Waals surface area contributed by atoms with Gasteiger partial charge in [0.1, 0.15) is 5.82 Å². The fraction of sp³-hybridized carbons (Fsp3) is 0.545. The maximum atomic E-state index is 13.8. The molecule has 0 spiro atoms. The number of hydrogen-bond donors (Lipinski definition) is 2. The van der Waals surface area contributed by atoms with Crippen molar-refractivity contribution in [2.24, 2.45) is 10.9 Å². The highest BCUT2D eigenvalue weighted by molar-refractivity contribution is 14.0. The molecule has 5 nitrogen and oxygen atoms in total. The number of aryl methyl sites for hydroxylation is 2. The third-order valence-electron chi connectivity index (χ3n) is 5.59. The summed E-state index contributed by atoms with van der Waals surface area (Å²) in [6.45, 7) is 9.93. The van der Waals surface area contributed by atoms with E-state index in [4.69, 9.17) is 0 Å². The molecule has 0 saturated carbocycles. The van der Waals surface area contributed by atoms with Crippen molar-refractivity contribution < 1.29 is 4.39 Å². The first-order chi connectivity index (χ1) is 13.9. The van der Waals surface area contributed by atoms with Crippen LogP contribution in [0.5, 0.6) is 0 Å². The number of aliphatic imine (C=N–C) groups is 1. The Hall–Kier alpha value is -1.26. The van der Waals surface area contributed by atoms with Crippen LogP contribution in [-0.2, 0) is 6.54 Å². The Kier molecular flexibility index (Phi) is 9.96. The number of aromatic nitrogens is 1. The van der Waals surface area contributed by atoms with Crippen LogP contribution in [0.25, 0.3) is 0 Å². The number of nitrogens with one attached hydrogen (secondary N) is 2. The van der Waals surface area contributed by atoms with Gasteiger partial charge >= 0.3 is 0 Å². The monoisotopic (exact) mass is 545 g/mol. The highest BCUT2D eigenvalue weighted by Gasteiger charge is 2.20. The van der Waals surface area contributed by atoms with Crippen LogP contribution >= 0.6 is 35.3 Å². The van der Waals surface area contributed by atoms with E-state index in [0.29, 0.717) is 11.5 Å². The van der Waals surface area contributed by atoms with Gasteiger partial charge in [0.25, 0.3) is 0 Å². The number of piperidine rings is 1. The zero-order chi connectivity index (χ0) is 20.8. The van der Waals surface area contributed by atoms with Crippen molar-refractivity contribution in [2.45, 2.75) is 46.2 Å². The molecule has 0 bridgehead atoms. The molecule has 0 amide bonds. The third-order valence-corrected chi connectivity index (χ3v) is 6.41. The minimum atomic E-state index is -0.168. The van der Waals surface area contributed by atoms with Gasteiger partial charge in [-0.05, 0) is 69.8 Å². The van der Waals surface area contributed by atoms with E-state index in [2.05, 4.69) is 37.8 Å². The van der Waals surface area contributed by atoms with Gasteiger partial charge in [-0.15, -0.1) is 35.3 Å². The SMILES string of the molecule is CN=C(NCC1CCN(Cc2csc(C)n2)CC1)NC(C)c1ccc(C)c(F)c1.I. The molecule has 0 aliphatic carbocycles. The van der Waals surface area contributed by atoms with Crippen LogP contribution < -0.4 is 10.6 Å². The first-order valence-electron chi connectivity index (χ1n) is 10.3. The quantitative estimate of drug-likeness (QED) is 0.315. The summed E-state index contributed by atoms with van der Waals surface area (Å²) in [6.07, 6.45) is 2.34. The smallest absolute Gasteiger partial charge is 0.191 e. The van der Waals surface area contributed by atoms with E-state index in [0.717, 1.165) is 42.7 Å². The number of benzene rings is 1. The number of thiazole rings is 1. The summed E-state index contributed by atoms with van der Waals surface area (Å²) < 4.78 is 13.8. The third kappa shape index (κ3) is 7.16. The Labute approximate surface area is 200 Å². The van der Waals surface area contributed by atoms with Gasteiger partial charge < -0.3 is 10.6 Å². The zero-order valence-electron chi connectivity index (χ0n) is 18.2. The fourth-order valence-corrected chi connectivity index (χ4v) is 4.26. The van der Waals surface area contributed by atoms with Gasteiger partial charge in [-0.25, -0.2) is 9.37 Å². The molecule has 0 radical (unpaired) electrons. The molecule has 1 unspecified atom stereocenters. The molecule has 1 aliphatic heterocycles. The lowest BCUT2D eigenvalue weighted by Gasteiger charge is -2.32. The van der Waals surface area contributed by atoms with Crippen molar-refractivity contribution in [3.63, 3.8) is 0 Å². The van der Waals surface area contributed by atoms with Gasteiger partial charge in [0.05, 0.1) is 16.7 Å². The molecule has 166 valence electrons. The second-order valence-corrected chi connectivity index (χ2v) is 8.97. The highest BCUT2D eigenvalue weighted by Crippen LogP contribution is 2.20. The van der Waals surface area contributed by atoms with E-state index in [9.17, 15) is 4.39 Å². The predicted octanol–water partition coefficient (Wildman–Crippen LogP) is 4.66. The van der Waals surface area contributed by atoms with E-state index >= 15 is 0 Å². The number of hydrogen-bond acceptors (Lipinski definition) is 4. The molecule has 2 N–H and O–H groups in total. The lowest BCUT2D eigenvalue weighted by Crippen LogP contribution is -2.43. The number of guanidine groups is 1. The minimum absolute atomic E-state index is 0. The standard InChI is InChI=1S/C22H32FN5S.HI/c1-15-5-6-19(11-21(15)23)16(2)26-22(24-4)25-12-18-7-9-28(10-8-18)13-20-14-29-17(3)27-20;/h5-6,11,14,16,18H,7-10,12-13H2,1-4H3,(H2,24,25,26);1H. The van der Waals surface area contributed by atoms with Gasteiger partial charge in [0.15, 0.2) is 5.96 Å². The molecular weight excluding hydrogens is 512 g/mol. The molecule has 1 saturated heterocycles. The number of rotatable bonds is 6. The van der Waals surface area contributed by atoms with Crippen molar-refractivity contribution in [2.75, 3.05) is 26.7 Å².